The molecule has 1 aliphatic rings. The van der Waals surface area contributed by atoms with E-state index in [1.54, 1.807) is 30.9 Å². The molecule has 1 saturated carbocycles. The van der Waals surface area contributed by atoms with E-state index in [4.69, 9.17) is 0 Å². The minimum atomic E-state index is -4.85. The summed E-state index contributed by atoms with van der Waals surface area (Å²) in [6.45, 7) is 4.44. The van der Waals surface area contributed by atoms with Crippen molar-refractivity contribution < 1.29 is 27.2 Å². The van der Waals surface area contributed by atoms with Crippen molar-refractivity contribution in [1.29, 1.82) is 0 Å². The van der Waals surface area contributed by atoms with Crippen LogP contribution in [0.25, 0.3) is 0 Å². The summed E-state index contributed by atoms with van der Waals surface area (Å²) in [5, 5.41) is 18.8. The zero-order valence-electron chi connectivity index (χ0n) is 23.5. The molecule has 0 spiro atoms. The van der Waals surface area contributed by atoms with Gasteiger partial charge in [-0.05, 0) is 62.8 Å². The molecule has 0 aliphatic heterocycles. The van der Waals surface area contributed by atoms with Crippen LogP contribution in [0.1, 0.15) is 56.4 Å². The number of benzene rings is 2. The Morgan fingerprint density at radius 3 is 2.40 bits per heavy atom. The average molecular weight is 591 g/mol. The van der Waals surface area contributed by atoms with Gasteiger partial charge in [0.15, 0.2) is 0 Å². The number of alkyl halides is 3. The smallest absolute Gasteiger partial charge is 0.405 e. The second kappa shape index (κ2) is 13.8. The summed E-state index contributed by atoms with van der Waals surface area (Å²) in [6.07, 6.45) is -1.48. The maximum Gasteiger partial charge on any atom is 0.573 e. The van der Waals surface area contributed by atoms with E-state index in [-0.39, 0.29) is 65.3 Å². The second-order valence-electron chi connectivity index (χ2n) is 10.2. The van der Waals surface area contributed by atoms with Gasteiger partial charge in [0, 0.05) is 37.3 Å². The van der Waals surface area contributed by atoms with Crippen molar-refractivity contribution in [3.05, 3.63) is 81.3 Å². The zero-order chi connectivity index (χ0) is 30.3. The summed E-state index contributed by atoms with van der Waals surface area (Å²) in [4.78, 5) is 22.2. The fourth-order valence-electron chi connectivity index (χ4n) is 5.10. The number of ether oxygens (including phenoxy) is 1. The summed E-state index contributed by atoms with van der Waals surface area (Å²) in [6, 6.07) is 12.4. The fraction of sp³-hybridized carbons (Fsp3) is 0.448. The quantitative estimate of drug-likeness (QED) is 0.140. The Morgan fingerprint density at radius 1 is 1.05 bits per heavy atom. The molecule has 3 aromatic rings. The highest BCUT2D eigenvalue weighted by Gasteiger charge is 2.33. The number of hydrogen-bond acceptors (Lipinski definition) is 8. The van der Waals surface area contributed by atoms with Gasteiger partial charge in [-0.25, -0.2) is 9.37 Å². The van der Waals surface area contributed by atoms with Crippen molar-refractivity contribution in [2.45, 2.75) is 77.5 Å². The van der Waals surface area contributed by atoms with Gasteiger partial charge in [-0.3, -0.25) is 10.1 Å². The number of para-hydroxylation sites is 1. The van der Waals surface area contributed by atoms with Gasteiger partial charge in [0.2, 0.25) is 11.8 Å². The Balaban J connectivity index is 1.50. The summed E-state index contributed by atoms with van der Waals surface area (Å²) in [5.41, 5.74) is 1.16. The molecule has 1 aromatic heterocycles. The molecule has 9 nitrogen and oxygen atoms in total. The van der Waals surface area contributed by atoms with Crippen LogP contribution in [0, 0.1) is 15.9 Å². The minimum Gasteiger partial charge on any atom is -0.405 e. The van der Waals surface area contributed by atoms with Crippen LogP contribution in [0.15, 0.2) is 48.5 Å². The second-order valence-corrected chi connectivity index (χ2v) is 10.2. The summed E-state index contributed by atoms with van der Waals surface area (Å²) < 4.78 is 56.6. The predicted molar refractivity (Wildman–Crippen MR) is 151 cm³/mol. The summed E-state index contributed by atoms with van der Waals surface area (Å²) in [7, 11) is 0. The molecule has 4 rings (SSSR count). The first-order valence-electron chi connectivity index (χ1n) is 13.9. The van der Waals surface area contributed by atoms with Crippen molar-refractivity contribution in [2.75, 3.05) is 16.8 Å². The van der Waals surface area contributed by atoms with Crippen molar-refractivity contribution in [1.82, 2.24) is 15.3 Å². The van der Waals surface area contributed by atoms with Crippen molar-refractivity contribution >= 4 is 17.5 Å². The number of hydrogen-bond donors (Lipinski definition) is 2. The Hall–Kier alpha value is -4.00. The van der Waals surface area contributed by atoms with Gasteiger partial charge in [-0.1, -0.05) is 37.3 Å². The number of anilines is 2. The normalized spacial score (nSPS) is 17.1. The van der Waals surface area contributed by atoms with Crippen LogP contribution >= 0.6 is 0 Å². The first-order chi connectivity index (χ1) is 20.1. The van der Waals surface area contributed by atoms with Gasteiger partial charge >= 0.3 is 12.0 Å². The number of nitrogens with one attached hydrogen (secondary N) is 2. The van der Waals surface area contributed by atoms with E-state index in [2.05, 4.69) is 25.3 Å². The van der Waals surface area contributed by atoms with Gasteiger partial charge in [0.05, 0.1) is 4.92 Å². The van der Waals surface area contributed by atoms with E-state index >= 15 is 0 Å². The lowest BCUT2D eigenvalue weighted by molar-refractivity contribution is -0.385. The van der Waals surface area contributed by atoms with E-state index in [0.29, 0.717) is 13.1 Å². The van der Waals surface area contributed by atoms with Gasteiger partial charge < -0.3 is 20.3 Å². The third-order valence-corrected chi connectivity index (χ3v) is 7.24. The number of aryl methyl sites for hydroxylation is 1. The number of nitro groups is 1. The van der Waals surface area contributed by atoms with Crippen molar-refractivity contribution in [3.63, 3.8) is 0 Å². The predicted octanol–water partition coefficient (Wildman–Crippen LogP) is 6.52. The lowest BCUT2D eigenvalue weighted by Crippen LogP contribution is -2.37. The average Bonchev–Trinajstić information content (AvgIpc) is 2.95. The molecule has 226 valence electrons. The summed E-state index contributed by atoms with van der Waals surface area (Å²) in [5.74, 6) is -0.340. The van der Waals surface area contributed by atoms with Crippen LogP contribution in [-0.4, -0.2) is 39.9 Å². The molecule has 0 radical (unpaired) electrons. The first-order valence-corrected chi connectivity index (χ1v) is 13.9. The van der Waals surface area contributed by atoms with Crippen molar-refractivity contribution in [3.8, 4) is 5.75 Å². The lowest BCUT2D eigenvalue weighted by Gasteiger charge is -2.30. The first kappa shape index (κ1) is 30.9. The van der Waals surface area contributed by atoms with Crippen LogP contribution < -0.4 is 20.3 Å². The molecule has 2 aromatic carbocycles. The van der Waals surface area contributed by atoms with Crippen LogP contribution in [0.5, 0.6) is 5.75 Å². The molecule has 0 saturated heterocycles. The maximum atomic E-state index is 13.5. The molecule has 42 heavy (non-hydrogen) atoms. The molecule has 0 amide bonds. The highest BCUT2D eigenvalue weighted by Crippen LogP contribution is 2.33. The van der Waals surface area contributed by atoms with E-state index in [1.807, 2.05) is 6.07 Å². The van der Waals surface area contributed by atoms with E-state index in [0.717, 1.165) is 31.2 Å². The zero-order valence-corrected chi connectivity index (χ0v) is 23.5. The minimum absolute atomic E-state index is 0.00521. The van der Waals surface area contributed by atoms with E-state index in [9.17, 15) is 27.7 Å². The Bertz CT molecular complexity index is 1370. The topological polar surface area (TPSA) is 105 Å². The highest BCUT2D eigenvalue weighted by molar-refractivity contribution is 5.62. The molecule has 0 unspecified atom stereocenters. The molecular weight excluding hydrogens is 556 g/mol. The highest BCUT2D eigenvalue weighted by atomic mass is 19.4. The molecule has 0 bridgehead atoms. The lowest BCUT2D eigenvalue weighted by atomic mass is 9.91. The third-order valence-electron chi connectivity index (χ3n) is 7.24. The van der Waals surface area contributed by atoms with Gasteiger partial charge in [-0.2, -0.15) is 4.98 Å². The molecule has 1 aliphatic carbocycles. The molecule has 1 heterocycles. The third kappa shape index (κ3) is 8.28. The van der Waals surface area contributed by atoms with Crippen molar-refractivity contribution in [2.24, 2.45) is 0 Å². The Kier molecular flexibility index (Phi) is 10.2. The van der Waals surface area contributed by atoms with Crippen LogP contribution in [0.2, 0.25) is 0 Å². The van der Waals surface area contributed by atoms with Gasteiger partial charge in [0.1, 0.15) is 17.3 Å². The molecular formula is C29H34F4N6O3. The Labute approximate surface area is 241 Å². The largest absolute Gasteiger partial charge is 0.573 e. The molecule has 1 fully saturated rings. The van der Waals surface area contributed by atoms with Crippen LogP contribution in [0.4, 0.5) is 35.0 Å². The number of halogens is 4. The molecule has 13 heteroatoms. The van der Waals surface area contributed by atoms with E-state index in [1.165, 1.54) is 30.3 Å². The number of aromatic nitrogens is 2. The summed E-state index contributed by atoms with van der Waals surface area (Å²) >= 11 is 0. The van der Waals surface area contributed by atoms with Gasteiger partial charge in [0.25, 0.3) is 0 Å². The SMILES string of the molecule is CCc1nc(N(CC)Cc2ccccc2OC(F)(F)F)nc(N[C@H]2CC[C@H](NCc3cccc(F)c3)CC2)c1[N+](=O)[O-]. The number of nitrogens with zero attached hydrogens (tertiary/aromatic N) is 4. The molecule has 2 N–H and O–H groups in total. The van der Waals surface area contributed by atoms with Crippen LogP contribution in [0.3, 0.4) is 0 Å². The maximum absolute atomic E-state index is 13.5. The van der Waals surface area contributed by atoms with E-state index < -0.39 is 11.3 Å². The fourth-order valence-corrected chi connectivity index (χ4v) is 5.10. The monoisotopic (exact) mass is 590 g/mol. The number of rotatable bonds is 12. The standard InChI is InChI=1S/C29H34F4N6O3/c1-3-24-26(39(40)41)27(35-23-14-12-22(13-15-23)34-17-19-8-7-10-21(30)16-19)37-28(36-24)38(4-2)18-20-9-5-6-11-25(20)42-29(31,32)33/h5-11,16,22-23,34H,3-4,12-15,17-18H2,1-2H3,(H,35,36,37)/t22-,23-. The Morgan fingerprint density at radius 2 is 1.76 bits per heavy atom. The van der Waals surface area contributed by atoms with Crippen LogP contribution in [-0.2, 0) is 19.5 Å². The van der Waals surface area contributed by atoms with Gasteiger partial charge in [-0.15, -0.1) is 13.2 Å². The molecule has 0 atom stereocenters.